The molecule has 3 heterocycles. The number of imidazole rings is 1. The summed E-state index contributed by atoms with van der Waals surface area (Å²) in [6.45, 7) is 2.10. The fourth-order valence-electron chi connectivity index (χ4n) is 4.67. The Hall–Kier alpha value is -3.38. The van der Waals surface area contributed by atoms with Crippen LogP contribution in [0, 0.1) is 5.82 Å². The summed E-state index contributed by atoms with van der Waals surface area (Å²) >= 11 is 0. The number of aromatic amines is 1. The Bertz CT molecular complexity index is 1350. The van der Waals surface area contributed by atoms with Gasteiger partial charge in [-0.05, 0) is 65.5 Å². The number of allylic oxidation sites excluding steroid dienone is 4. The number of rotatable bonds is 2. The monoisotopic (exact) mass is 415 g/mol. The molecule has 3 aliphatic rings. The number of nitrogens with one attached hydrogen (secondary N) is 2. The van der Waals surface area contributed by atoms with E-state index in [4.69, 9.17) is 4.74 Å². The van der Waals surface area contributed by atoms with Crippen LogP contribution in [0.5, 0.6) is 5.75 Å². The largest absolute Gasteiger partial charge is 0.488 e. The molecule has 1 saturated heterocycles. The minimum absolute atomic E-state index is 0.0739. The smallest absolute Gasteiger partial charge is 0.326 e. The number of nitrogens with zero attached hydrogens (tertiary/aromatic N) is 1. The van der Waals surface area contributed by atoms with Gasteiger partial charge in [0.1, 0.15) is 18.2 Å². The number of ether oxygens (including phenoxy) is 1. The van der Waals surface area contributed by atoms with Crippen molar-refractivity contribution in [1.29, 1.82) is 0 Å². The minimum atomic E-state index is -0.306. The summed E-state index contributed by atoms with van der Waals surface area (Å²) in [4.78, 5) is 15.5. The Morgan fingerprint density at radius 1 is 1.16 bits per heavy atom. The first-order valence-corrected chi connectivity index (χ1v) is 10.7. The van der Waals surface area contributed by atoms with Gasteiger partial charge in [0, 0.05) is 24.7 Å². The highest BCUT2D eigenvalue weighted by molar-refractivity contribution is 5.96. The number of fused-ring (bicyclic) bond motifs is 2. The quantitative estimate of drug-likeness (QED) is 0.660. The van der Waals surface area contributed by atoms with Crippen LogP contribution in [0.25, 0.3) is 22.7 Å². The summed E-state index contributed by atoms with van der Waals surface area (Å²) in [7, 11) is 0. The van der Waals surface area contributed by atoms with Gasteiger partial charge in [0.15, 0.2) is 0 Å². The second-order valence-electron chi connectivity index (χ2n) is 8.33. The van der Waals surface area contributed by atoms with Crippen LogP contribution in [-0.2, 0) is 0 Å². The Morgan fingerprint density at radius 3 is 2.90 bits per heavy atom. The average Bonchev–Trinajstić information content (AvgIpc) is 2.96. The average molecular weight is 415 g/mol. The van der Waals surface area contributed by atoms with Crippen molar-refractivity contribution in [3.63, 3.8) is 0 Å². The van der Waals surface area contributed by atoms with E-state index in [1.54, 1.807) is 6.07 Å². The number of H-pyrrole nitrogens is 1. The van der Waals surface area contributed by atoms with Gasteiger partial charge in [-0.15, -0.1) is 0 Å². The van der Waals surface area contributed by atoms with Crippen LogP contribution in [0.4, 0.5) is 4.39 Å². The van der Waals surface area contributed by atoms with Gasteiger partial charge in [-0.2, -0.15) is 0 Å². The first-order valence-electron chi connectivity index (χ1n) is 10.7. The van der Waals surface area contributed by atoms with E-state index in [-0.39, 0.29) is 17.5 Å². The topological polar surface area (TPSA) is 59.1 Å². The van der Waals surface area contributed by atoms with E-state index in [1.807, 2.05) is 22.8 Å². The first kappa shape index (κ1) is 18.4. The second-order valence-corrected chi connectivity index (χ2v) is 8.33. The van der Waals surface area contributed by atoms with Crippen molar-refractivity contribution in [2.45, 2.75) is 18.9 Å². The van der Waals surface area contributed by atoms with Crippen molar-refractivity contribution >= 4 is 22.7 Å². The molecule has 0 bridgehead atoms. The molecule has 1 fully saturated rings. The van der Waals surface area contributed by atoms with E-state index in [1.165, 1.54) is 17.7 Å². The first-order chi connectivity index (χ1) is 15.2. The fraction of sp³-hybridized carbons (Fsp3) is 0.240. The molecule has 3 aromatic rings. The van der Waals surface area contributed by atoms with E-state index in [0.717, 1.165) is 59.2 Å². The van der Waals surface area contributed by atoms with Crippen molar-refractivity contribution in [3.8, 4) is 5.75 Å². The molecule has 2 N–H and O–H groups in total. The van der Waals surface area contributed by atoms with Crippen LogP contribution in [0.15, 0.2) is 64.5 Å². The number of hydrogen-bond acceptors (Lipinski definition) is 3. The molecule has 0 amide bonds. The predicted molar refractivity (Wildman–Crippen MR) is 120 cm³/mol. The zero-order valence-electron chi connectivity index (χ0n) is 17.0. The van der Waals surface area contributed by atoms with Crippen LogP contribution >= 0.6 is 0 Å². The lowest BCUT2D eigenvalue weighted by Gasteiger charge is -2.28. The standard InChI is InChI=1S/C25H22FN3O2/c26-17-6-7-20-21(19-4-2-1-3-16(19)14-31-24(20)11-17)9-15-5-8-23-22(10-15)28-25(30)29(23)18-12-27-13-18/h2,4-11,18,27H,1,3,12-14H2,(H,28,30)/b21-9+. The molecule has 6 rings (SSSR count). The third-order valence-electron chi connectivity index (χ3n) is 6.38. The molecule has 1 aromatic heterocycles. The van der Waals surface area contributed by atoms with Gasteiger partial charge < -0.3 is 15.0 Å². The summed E-state index contributed by atoms with van der Waals surface area (Å²) in [6, 6.07) is 11.0. The van der Waals surface area contributed by atoms with Gasteiger partial charge in [-0.1, -0.05) is 18.2 Å². The zero-order valence-corrected chi connectivity index (χ0v) is 17.0. The SMILES string of the molecule is O=c1[nH]c2cc(/C=C3\C4=C(CCC=C4)COc4cc(F)ccc43)ccc2n1C1CNC1. The number of halogens is 1. The highest BCUT2D eigenvalue weighted by Gasteiger charge is 2.24. The van der Waals surface area contributed by atoms with Crippen LogP contribution < -0.4 is 15.7 Å². The Balaban J connectivity index is 1.51. The van der Waals surface area contributed by atoms with Gasteiger partial charge in [0.25, 0.3) is 0 Å². The third-order valence-corrected chi connectivity index (χ3v) is 6.38. The highest BCUT2D eigenvalue weighted by atomic mass is 19.1. The molecule has 156 valence electrons. The molecule has 31 heavy (non-hydrogen) atoms. The normalized spacial score (nSPS) is 19.7. The molecule has 0 spiro atoms. The summed E-state index contributed by atoms with van der Waals surface area (Å²) in [5.41, 5.74) is 6.91. The van der Waals surface area contributed by atoms with Crippen LogP contribution in [0.2, 0.25) is 0 Å². The van der Waals surface area contributed by atoms with Gasteiger partial charge in [-0.3, -0.25) is 4.57 Å². The summed E-state index contributed by atoms with van der Waals surface area (Å²) in [5.74, 6) is 0.256. The lowest BCUT2D eigenvalue weighted by atomic mass is 9.88. The van der Waals surface area contributed by atoms with Crippen LogP contribution in [-0.4, -0.2) is 29.2 Å². The second kappa shape index (κ2) is 7.10. The fourth-order valence-corrected chi connectivity index (χ4v) is 4.67. The van der Waals surface area contributed by atoms with E-state index in [9.17, 15) is 9.18 Å². The van der Waals surface area contributed by atoms with E-state index in [2.05, 4.69) is 28.5 Å². The minimum Gasteiger partial charge on any atom is -0.488 e. The summed E-state index contributed by atoms with van der Waals surface area (Å²) < 4.78 is 21.7. The molecular formula is C25H22FN3O2. The Morgan fingerprint density at radius 2 is 2.06 bits per heavy atom. The maximum absolute atomic E-state index is 13.9. The van der Waals surface area contributed by atoms with E-state index < -0.39 is 0 Å². The van der Waals surface area contributed by atoms with Crippen molar-refractivity contribution in [2.75, 3.05) is 19.7 Å². The molecule has 2 aromatic carbocycles. The lowest BCUT2D eigenvalue weighted by molar-refractivity contribution is 0.344. The Labute approximate surface area is 178 Å². The predicted octanol–water partition coefficient (Wildman–Crippen LogP) is 4.19. The maximum Gasteiger partial charge on any atom is 0.326 e. The van der Waals surface area contributed by atoms with Gasteiger partial charge in [0.05, 0.1) is 17.1 Å². The third kappa shape index (κ3) is 3.06. The zero-order chi connectivity index (χ0) is 20.9. The van der Waals surface area contributed by atoms with Crippen LogP contribution in [0.3, 0.4) is 0 Å². The van der Waals surface area contributed by atoms with Crippen molar-refractivity contribution in [1.82, 2.24) is 14.9 Å². The summed E-state index contributed by atoms with van der Waals surface area (Å²) in [5, 5.41) is 3.22. The van der Waals surface area contributed by atoms with Gasteiger partial charge >= 0.3 is 5.69 Å². The molecule has 0 radical (unpaired) electrons. The number of hydrogen-bond donors (Lipinski definition) is 2. The van der Waals surface area contributed by atoms with Crippen molar-refractivity contribution in [3.05, 3.63) is 87.1 Å². The molecule has 2 aliphatic heterocycles. The van der Waals surface area contributed by atoms with Gasteiger partial charge in [0.2, 0.25) is 0 Å². The molecule has 1 aliphatic carbocycles. The van der Waals surface area contributed by atoms with E-state index >= 15 is 0 Å². The Kier molecular flexibility index (Phi) is 4.21. The molecule has 5 nitrogen and oxygen atoms in total. The molecular weight excluding hydrogens is 393 g/mol. The maximum atomic E-state index is 13.9. The molecule has 0 atom stereocenters. The van der Waals surface area contributed by atoms with Crippen molar-refractivity contribution in [2.24, 2.45) is 0 Å². The molecule has 0 saturated carbocycles. The lowest BCUT2D eigenvalue weighted by Crippen LogP contribution is -2.46. The van der Waals surface area contributed by atoms with Crippen molar-refractivity contribution < 1.29 is 9.13 Å². The van der Waals surface area contributed by atoms with Crippen LogP contribution in [0.1, 0.15) is 30.0 Å². The summed E-state index contributed by atoms with van der Waals surface area (Å²) in [6.07, 6.45) is 8.35. The number of benzene rings is 2. The molecule has 6 heteroatoms. The van der Waals surface area contributed by atoms with Gasteiger partial charge in [-0.25, -0.2) is 9.18 Å². The highest BCUT2D eigenvalue weighted by Crippen LogP contribution is 2.40. The molecule has 0 unspecified atom stereocenters. The van der Waals surface area contributed by atoms with E-state index in [0.29, 0.717) is 12.4 Å². The number of aromatic nitrogens is 2.